The summed E-state index contributed by atoms with van der Waals surface area (Å²) < 4.78 is 0. The molecule has 0 aliphatic heterocycles. The Bertz CT molecular complexity index is 139. The third kappa shape index (κ3) is 1430. The highest BCUT2D eigenvalue weighted by molar-refractivity contribution is 5.63. The molecule has 0 unspecified atom stereocenters. The second-order valence-electron chi connectivity index (χ2n) is 1.55. The number of nitriles is 1. The molecule has 5 heteroatoms. The van der Waals surface area contributed by atoms with E-state index in [0.717, 1.165) is 13.8 Å². The number of carboxylic acids is 2. The first-order chi connectivity index (χ1) is 5.38. The zero-order valence-electron chi connectivity index (χ0n) is 7.37. The maximum atomic E-state index is 9.00. The standard InChI is InChI=1S/C3H5N.2C2H4O2/c1-2-3-4;2*1-2(3)4/h2H2,1H3;2*1H3,(H,3,4). The molecule has 0 aliphatic carbocycles. The van der Waals surface area contributed by atoms with Gasteiger partial charge in [0.15, 0.2) is 0 Å². The van der Waals surface area contributed by atoms with Gasteiger partial charge in [0.2, 0.25) is 0 Å². The van der Waals surface area contributed by atoms with Gasteiger partial charge < -0.3 is 10.2 Å². The average molecular weight is 175 g/mol. The number of carbonyl (C=O) groups is 2. The smallest absolute Gasteiger partial charge is 0.300 e. The lowest BCUT2D eigenvalue weighted by atomic mass is 10.6. The predicted molar refractivity (Wildman–Crippen MR) is 42.5 cm³/mol. The van der Waals surface area contributed by atoms with E-state index < -0.39 is 11.9 Å². The maximum absolute atomic E-state index is 9.00. The lowest BCUT2D eigenvalue weighted by Crippen LogP contribution is -1.78. The molecular formula is C7H13NO4. The zero-order valence-corrected chi connectivity index (χ0v) is 7.37. The van der Waals surface area contributed by atoms with Crippen LogP contribution >= 0.6 is 0 Å². The topological polar surface area (TPSA) is 98.4 Å². The van der Waals surface area contributed by atoms with Crippen LogP contribution in [0.15, 0.2) is 0 Å². The Morgan fingerprint density at radius 3 is 1.33 bits per heavy atom. The quantitative estimate of drug-likeness (QED) is 0.574. The summed E-state index contributed by atoms with van der Waals surface area (Å²) in [6.45, 7) is 3.99. The molecule has 0 rings (SSSR count). The second-order valence-corrected chi connectivity index (χ2v) is 1.55. The van der Waals surface area contributed by atoms with Gasteiger partial charge >= 0.3 is 0 Å². The number of rotatable bonds is 0. The van der Waals surface area contributed by atoms with E-state index in [1.165, 1.54) is 0 Å². The van der Waals surface area contributed by atoms with Crippen LogP contribution in [0, 0.1) is 11.3 Å². The predicted octanol–water partition coefficient (Wildman–Crippen LogP) is 1.10. The molecule has 12 heavy (non-hydrogen) atoms. The van der Waals surface area contributed by atoms with Crippen molar-refractivity contribution < 1.29 is 19.8 Å². The highest BCUT2D eigenvalue weighted by Gasteiger charge is 1.65. The molecule has 0 saturated heterocycles. The van der Waals surface area contributed by atoms with Crippen molar-refractivity contribution in [3.8, 4) is 6.07 Å². The zero-order chi connectivity index (χ0) is 10.6. The van der Waals surface area contributed by atoms with E-state index in [1.807, 2.05) is 13.0 Å². The first-order valence-corrected chi connectivity index (χ1v) is 3.14. The lowest BCUT2D eigenvalue weighted by Gasteiger charge is -1.59. The normalized spacial score (nSPS) is 5.83. The molecule has 0 atom stereocenters. The van der Waals surface area contributed by atoms with Crippen molar-refractivity contribution in [1.29, 1.82) is 5.26 Å². The Morgan fingerprint density at radius 1 is 1.25 bits per heavy atom. The van der Waals surface area contributed by atoms with E-state index in [-0.39, 0.29) is 0 Å². The molecule has 0 saturated carbocycles. The van der Waals surface area contributed by atoms with E-state index in [4.69, 9.17) is 25.1 Å². The largest absolute Gasteiger partial charge is 0.481 e. The minimum Gasteiger partial charge on any atom is -0.481 e. The van der Waals surface area contributed by atoms with E-state index in [2.05, 4.69) is 0 Å². The molecule has 0 radical (unpaired) electrons. The van der Waals surface area contributed by atoms with Gasteiger partial charge in [-0.15, -0.1) is 0 Å². The number of hydrogen-bond acceptors (Lipinski definition) is 3. The van der Waals surface area contributed by atoms with Gasteiger partial charge in [0.1, 0.15) is 0 Å². The fraction of sp³-hybridized carbons (Fsp3) is 0.571. The molecule has 0 fully saturated rings. The van der Waals surface area contributed by atoms with Crippen LogP contribution in [-0.2, 0) is 9.59 Å². The third-order valence-electron chi connectivity index (χ3n) is 0.158. The monoisotopic (exact) mass is 175 g/mol. The Hall–Kier alpha value is -1.57. The van der Waals surface area contributed by atoms with Crippen LogP contribution in [-0.4, -0.2) is 22.2 Å². The van der Waals surface area contributed by atoms with Gasteiger partial charge in [-0.2, -0.15) is 5.26 Å². The first kappa shape index (κ1) is 16.8. The van der Waals surface area contributed by atoms with Gasteiger partial charge in [-0.05, 0) is 0 Å². The number of hydrogen-bond donors (Lipinski definition) is 2. The summed E-state index contributed by atoms with van der Waals surface area (Å²) in [6, 6.07) is 1.93. The molecule has 0 aliphatic rings. The van der Waals surface area contributed by atoms with Crippen molar-refractivity contribution in [2.75, 3.05) is 0 Å². The summed E-state index contributed by atoms with van der Waals surface area (Å²) in [4.78, 5) is 18.0. The van der Waals surface area contributed by atoms with E-state index in [1.54, 1.807) is 0 Å². The Morgan fingerprint density at radius 2 is 1.33 bits per heavy atom. The van der Waals surface area contributed by atoms with Crippen molar-refractivity contribution in [1.82, 2.24) is 0 Å². The lowest BCUT2D eigenvalue weighted by molar-refractivity contribution is -0.135. The van der Waals surface area contributed by atoms with Crippen LogP contribution < -0.4 is 0 Å². The summed E-state index contributed by atoms with van der Waals surface area (Å²) in [6.07, 6.45) is 0.625. The minimum absolute atomic E-state index is 0.625. The molecular weight excluding hydrogens is 162 g/mol. The molecule has 0 bridgehead atoms. The van der Waals surface area contributed by atoms with Crippen molar-refractivity contribution in [3.05, 3.63) is 0 Å². The van der Waals surface area contributed by atoms with Crippen LogP contribution in [0.25, 0.3) is 0 Å². The first-order valence-electron chi connectivity index (χ1n) is 3.14. The van der Waals surface area contributed by atoms with Crippen LogP contribution in [0.1, 0.15) is 27.2 Å². The fourth-order valence-electron chi connectivity index (χ4n) is 0. The third-order valence-corrected chi connectivity index (χ3v) is 0.158. The fourth-order valence-corrected chi connectivity index (χ4v) is 0. The van der Waals surface area contributed by atoms with Gasteiger partial charge in [0.25, 0.3) is 11.9 Å². The van der Waals surface area contributed by atoms with Gasteiger partial charge in [-0.1, -0.05) is 6.92 Å². The Balaban J connectivity index is -0.000000101. The molecule has 70 valence electrons. The number of carboxylic acid groups (broad SMARTS) is 2. The van der Waals surface area contributed by atoms with E-state index in [0.29, 0.717) is 6.42 Å². The maximum Gasteiger partial charge on any atom is 0.300 e. The molecule has 2 N–H and O–H groups in total. The highest BCUT2D eigenvalue weighted by atomic mass is 16.4. The van der Waals surface area contributed by atoms with Gasteiger partial charge in [0, 0.05) is 20.3 Å². The molecule has 0 spiro atoms. The summed E-state index contributed by atoms with van der Waals surface area (Å²) >= 11 is 0. The second kappa shape index (κ2) is 16.2. The summed E-state index contributed by atoms with van der Waals surface area (Å²) in [5.74, 6) is -1.67. The average Bonchev–Trinajstić information content (AvgIpc) is 1.85. The molecule has 0 heterocycles. The molecule has 0 amide bonds. The van der Waals surface area contributed by atoms with Gasteiger partial charge in [0.05, 0.1) is 6.07 Å². The Kier molecular flexibility index (Phi) is 22.7. The summed E-state index contributed by atoms with van der Waals surface area (Å²) in [5, 5.41) is 22.5. The Labute approximate surface area is 71.2 Å². The minimum atomic E-state index is -0.833. The van der Waals surface area contributed by atoms with Crippen molar-refractivity contribution in [3.63, 3.8) is 0 Å². The van der Waals surface area contributed by atoms with Crippen molar-refractivity contribution in [2.45, 2.75) is 27.2 Å². The van der Waals surface area contributed by atoms with Crippen LogP contribution in [0.5, 0.6) is 0 Å². The van der Waals surface area contributed by atoms with Gasteiger partial charge in [-0.25, -0.2) is 0 Å². The summed E-state index contributed by atoms with van der Waals surface area (Å²) in [7, 11) is 0. The van der Waals surface area contributed by atoms with Crippen molar-refractivity contribution in [2.24, 2.45) is 0 Å². The van der Waals surface area contributed by atoms with E-state index in [9.17, 15) is 0 Å². The highest BCUT2D eigenvalue weighted by Crippen LogP contribution is 1.58. The van der Waals surface area contributed by atoms with Crippen LogP contribution in [0.4, 0.5) is 0 Å². The van der Waals surface area contributed by atoms with Crippen LogP contribution in [0.2, 0.25) is 0 Å². The molecule has 0 aromatic heterocycles. The van der Waals surface area contributed by atoms with E-state index >= 15 is 0 Å². The molecule has 5 nitrogen and oxygen atoms in total. The molecule has 0 aromatic carbocycles. The van der Waals surface area contributed by atoms with Gasteiger partial charge in [-0.3, -0.25) is 9.59 Å². The summed E-state index contributed by atoms with van der Waals surface area (Å²) in [5.41, 5.74) is 0. The SMILES string of the molecule is CC(=O)O.CC(=O)O.CCC#N. The number of aliphatic carboxylic acids is 2. The van der Waals surface area contributed by atoms with Crippen molar-refractivity contribution >= 4 is 11.9 Å². The van der Waals surface area contributed by atoms with Crippen LogP contribution in [0.3, 0.4) is 0 Å². The molecule has 0 aromatic rings. The number of nitrogens with zero attached hydrogens (tertiary/aromatic N) is 1.